The molecular weight excluding hydrogens is 111 g/mol. The molecule has 0 rings (SSSR count). The molecule has 3 heteroatoms. The van der Waals surface area contributed by atoms with E-state index >= 15 is 0 Å². The Bertz CT molecular complexity index is 23.6. The van der Waals surface area contributed by atoms with Crippen molar-refractivity contribution >= 4 is 60.1 Å². The van der Waals surface area contributed by atoms with Gasteiger partial charge in [0.1, 0.15) is 0 Å². The third kappa shape index (κ3) is 5.95. The third-order valence-electron chi connectivity index (χ3n) is 0.407. The van der Waals surface area contributed by atoms with Crippen LogP contribution in [0.5, 0.6) is 0 Å². The van der Waals surface area contributed by atoms with E-state index in [9.17, 15) is 4.55 Å². The van der Waals surface area contributed by atoms with Crippen LogP contribution in [0.4, 0.5) is 0 Å². The van der Waals surface area contributed by atoms with Gasteiger partial charge in [0.25, 0.3) is 0 Å². The van der Waals surface area contributed by atoms with Gasteiger partial charge in [0.2, 0.25) is 0 Å². The Kier molecular flexibility index (Phi) is 5.72. The van der Waals surface area contributed by atoms with Crippen molar-refractivity contribution in [2.24, 2.45) is 0 Å². The molecule has 1 nitrogen and oxygen atoms in total. The molecule has 0 spiro atoms. The Morgan fingerprint density at radius 1 is 2.00 bits per heavy atom. The minimum absolute atomic E-state index is 0.489. The number of rotatable bonds is 1. The summed E-state index contributed by atoms with van der Waals surface area (Å²) in [5, 5.41) is 0. The normalized spacial score (nSPS) is 15.2. The molecule has 0 aliphatic heterocycles. The molecule has 0 N–H and O–H groups in total. The zero-order valence-corrected chi connectivity index (χ0v) is 7.46. The molecule has 0 fully saturated rings. The Hall–Kier alpha value is 1.95. The minimum atomic E-state index is -0.489. The first-order valence-electron chi connectivity index (χ1n) is 1.57. The van der Waals surface area contributed by atoms with Crippen molar-refractivity contribution in [3.05, 3.63) is 0 Å². The molecule has 0 amide bonds. The first kappa shape index (κ1) is 6.95. The van der Waals surface area contributed by atoms with Gasteiger partial charge in [-0.25, -0.2) is 0 Å². The third-order valence-corrected chi connectivity index (χ3v) is 5.03. The van der Waals surface area contributed by atoms with Crippen LogP contribution in [0.1, 0.15) is 0 Å². The van der Waals surface area contributed by atoms with Crippen LogP contribution in [0.2, 0.25) is 0 Å². The van der Waals surface area contributed by atoms with Crippen molar-refractivity contribution < 1.29 is 4.55 Å². The van der Waals surface area contributed by atoms with E-state index in [-0.39, 0.29) is 0 Å². The molecule has 0 saturated heterocycles. The van der Waals surface area contributed by atoms with E-state index in [0.717, 1.165) is 48.8 Å². The van der Waals surface area contributed by atoms with Gasteiger partial charge in [-0.1, -0.05) is 0 Å². The fourth-order valence-corrected chi connectivity index (χ4v) is 0. The average Bonchev–Trinajstić information content (AvgIpc) is 1.38. The predicted molar refractivity (Wildman–Crippen MR) is 24.7 cm³/mol. The van der Waals surface area contributed by atoms with Crippen LogP contribution in [-0.4, -0.2) is 59.6 Å². The van der Waals surface area contributed by atoms with Gasteiger partial charge in [-0.05, 0) is 0 Å². The van der Waals surface area contributed by atoms with E-state index < -0.39 is 11.2 Å². The molecule has 0 aromatic carbocycles. The monoisotopic (exact) mass is 116 g/mol. The fraction of sp³-hybridized carbons (Fsp3) is 1.00. The summed E-state index contributed by atoms with van der Waals surface area (Å²) in [6.45, 7) is 0. The molecule has 5 heavy (non-hydrogen) atoms. The van der Waals surface area contributed by atoms with Crippen molar-refractivity contribution in [3.8, 4) is 0 Å². The van der Waals surface area contributed by atoms with Gasteiger partial charge in [0, 0.05) is 0 Å². The maximum atomic E-state index is 9.97. The molecule has 0 aliphatic rings. The van der Waals surface area contributed by atoms with Gasteiger partial charge in [-0.15, -0.1) is 0 Å². The van der Waals surface area contributed by atoms with E-state index in [4.69, 9.17) is 0 Å². The summed E-state index contributed by atoms with van der Waals surface area (Å²) in [5.41, 5.74) is 0. The van der Waals surface area contributed by atoms with E-state index in [1.807, 2.05) is 0 Å². The van der Waals surface area contributed by atoms with E-state index in [2.05, 4.69) is 0 Å². The summed E-state index contributed by atoms with van der Waals surface area (Å²) in [5.74, 6) is 0. The second-order valence-corrected chi connectivity index (χ2v) is 5.29. The fourth-order valence-electron chi connectivity index (χ4n) is 0. The van der Waals surface area contributed by atoms with E-state index in [1.54, 1.807) is 6.26 Å². The molecule has 0 aliphatic carbocycles. The Balaban J connectivity index is 2.54. The summed E-state index contributed by atoms with van der Waals surface area (Å²) in [4.78, 5) is 0. The quantitative estimate of drug-likeness (QED) is 0.334. The molecule has 0 radical (unpaired) electrons. The number of hydrogen-bond donors (Lipinski definition) is 0. The van der Waals surface area contributed by atoms with Crippen LogP contribution in [-0.2, 0) is 11.2 Å². The van der Waals surface area contributed by atoms with Gasteiger partial charge in [0.05, 0.1) is 0 Å². The zero-order chi connectivity index (χ0) is 4.28. The zero-order valence-electron chi connectivity index (χ0n) is 3.52. The summed E-state index contributed by atoms with van der Waals surface area (Å²) in [6.07, 6.45) is 1.74. The standard InChI is InChI=1S/C2H5OS.K/c1-4(2)3;/h1H2,2H3;. The number of hydrogen-bond acceptors (Lipinski definition) is 1. The Morgan fingerprint density at radius 3 is 2.20 bits per heavy atom. The Labute approximate surface area is 69.3 Å². The van der Waals surface area contributed by atoms with Crippen LogP contribution < -0.4 is 0 Å². The summed E-state index contributed by atoms with van der Waals surface area (Å²) >= 11 is 0.295. The molecule has 0 heterocycles. The van der Waals surface area contributed by atoms with Crippen molar-refractivity contribution in [1.29, 1.82) is 0 Å². The van der Waals surface area contributed by atoms with Crippen molar-refractivity contribution in [2.45, 2.75) is 0 Å². The molecule has 0 bridgehead atoms. The van der Waals surface area contributed by atoms with Crippen molar-refractivity contribution in [2.75, 3.05) is 6.10 Å². The molecule has 1 atom stereocenters. The van der Waals surface area contributed by atoms with Gasteiger partial charge in [0.15, 0.2) is 0 Å². The topological polar surface area (TPSA) is 23.1 Å². The van der Waals surface area contributed by atoms with Gasteiger partial charge in [-0.3, -0.25) is 0 Å². The van der Waals surface area contributed by atoms with Gasteiger partial charge >= 0.3 is 70.8 Å². The molecule has 26 valence electrons. The van der Waals surface area contributed by atoms with Gasteiger partial charge < -0.3 is 0 Å². The second-order valence-electron chi connectivity index (χ2n) is 0.862. The summed E-state index contributed by atoms with van der Waals surface area (Å²) in [6, 6.07) is 0. The maximum absolute atomic E-state index is 9.97. The van der Waals surface area contributed by atoms with Gasteiger partial charge in [-0.2, -0.15) is 0 Å². The first-order chi connectivity index (χ1) is 2.27. The summed E-state index contributed by atoms with van der Waals surface area (Å²) in [7, 11) is 0. The molecule has 0 saturated carbocycles. The molecule has 1 unspecified atom stereocenters. The Morgan fingerprint density at radius 2 is 2.20 bits per heavy atom. The van der Waals surface area contributed by atoms with Crippen LogP contribution in [0.15, 0.2) is 0 Å². The van der Waals surface area contributed by atoms with Crippen LogP contribution >= 0.6 is 0 Å². The predicted octanol–water partition coefficient (Wildman–Crippen LogP) is -0.509. The van der Waals surface area contributed by atoms with Crippen LogP contribution in [0.25, 0.3) is 0 Å². The molecular formula is C2H5KOS. The second kappa shape index (κ2) is 4.11. The average molecular weight is 116 g/mol. The summed E-state index contributed by atoms with van der Waals surface area (Å²) < 4.78 is 10.9. The first-order valence-corrected chi connectivity index (χ1v) is 5.51. The molecule has 0 aromatic rings. The SMILES string of the molecule is C[S+]([O-])[CH2][K]. The van der Waals surface area contributed by atoms with Crippen molar-refractivity contribution in [3.63, 3.8) is 0 Å². The van der Waals surface area contributed by atoms with Crippen LogP contribution in [0.3, 0.4) is 0 Å². The van der Waals surface area contributed by atoms with E-state index in [1.165, 1.54) is 0 Å². The molecule has 0 aromatic heterocycles. The van der Waals surface area contributed by atoms with Crippen molar-refractivity contribution in [1.82, 2.24) is 0 Å². The van der Waals surface area contributed by atoms with E-state index in [0.29, 0.717) is 0 Å². The van der Waals surface area contributed by atoms with Crippen LogP contribution in [0, 0.1) is 0 Å².